The van der Waals surface area contributed by atoms with Crippen molar-refractivity contribution < 1.29 is 14.2 Å². The lowest BCUT2D eigenvalue weighted by atomic mass is 10.0. The lowest BCUT2D eigenvalue weighted by Gasteiger charge is -2.23. The highest BCUT2D eigenvalue weighted by Crippen LogP contribution is 2.36. The Morgan fingerprint density at radius 2 is 2.05 bits per heavy atom. The number of aromatic nitrogens is 1. The van der Waals surface area contributed by atoms with Crippen LogP contribution < -0.4 is 4.74 Å². The fraction of sp³-hybridized carbons (Fsp3) is 0.643. The molecular weight excluding hydrogens is 357 g/mol. The lowest BCUT2D eigenvalue weighted by molar-refractivity contribution is -0.158. The first-order valence-corrected chi connectivity index (χ1v) is 7.40. The number of hydrogen-bond acceptors (Lipinski definition) is 4. The average Bonchev–Trinajstić information content (AvgIpc) is 2.48. The Bertz CT molecular complexity index is 474. The van der Waals surface area contributed by atoms with E-state index in [2.05, 4.69) is 27.6 Å². The van der Waals surface area contributed by atoms with E-state index in [1.165, 1.54) is 0 Å². The topological polar surface area (TPSA) is 40.6 Å². The van der Waals surface area contributed by atoms with Crippen molar-refractivity contribution in [1.29, 1.82) is 0 Å². The largest absolute Gasteiger partial charge is 0.475 e. The summed E-state index contributed by atoms with van der Waals surface area (Å²) < 4.78 is 18.6. The Hall–Kier alpha value is -0.400. The minimum atomic E-state index is -0.563. The molecule has 2 rings (SSSR count). The molecule has 0 spiro atoms. The minimum absolute atomic E-state index is 0.108. The number of aryl methyl sites for hydroxylation is 1. The Morgan fingerprint density at radius 3 is 2.58 bits per heavy atom. The van der Waals surface area contributed by atoms with Crippen LogP contribution in [0.1, 0.15) is 33.3 Å². The molecule has 106 valence electrons. The van der Waals surface area contributed by atoms with Gasteiger partial charge in [0.05, 0.1) is 5.60 Å². The Kier molecular flexibility index (Phi) is 4.09. The van der Waals surface area contributed by atoms with Crippen LogP contribution in [0.3, 0.4) is 0 Å². The first-order chi connectivity index (χ1) is 8.70. The average molecular weight is 377 g/mol. The predicted octanol–water partition coefficient (Wildman–Crippen LogP) is 3.30. The second kappa shape index (κ2) is 5.18. The van der Waals surface area contributed by atoms with Crippen molar-refractivity contribution in [3.8, 4) is 5.88 Å². The van der Waals surface area contributed by atoms with Crippen molar-refractivity contribution in [3.63, 3.8) is 0 Å². The molecule has 0 radical (unpaired) electrons. The number of hydrogen-bond donors (Lipinski definition) is 0. The quantitative estimate of drug-likeness (QED) is 0.758. The molecule has 2 heterocycles. The van der Waals surface area contributed by atoms with Crippen LogP contribution in [0.2, 0.25) is 0 Å². The van der Waals surface area contributed by atoms with E-state index in [-0.39, 0.29) is 11.7 Å². The van der Waals surface area contributed by atoms with Gasteiger partial charge in [-0.3, -0.25) is 0 Å². The van der Waals surface area contributed by atoms with Crippen molar-refractivity contribution >= 4 is 22.6 Å². The van der Waals surface area contributed by atoms with Gasteiger partial charge in [-0.1, -0.05) is 0 Å². The second-order valence-electron chi connectivity index (χ2n) is 5.79. The molecule has 0 bridgehead atoms. The van der Waals surface area contributed by atoms with Gasteiger partial charge in [-0.2, -0.15) is 0 Å². The van der Waals surface area contributed by atoms with Crippen molar-refractivity contribution in [2.45, 2.75) is 52.1 Å². The molecule has 0 N–H and O–H groups in total. The summed E-state index contributed by atoms with van der Waals surface area (Å²) >= 11 is 2.27. The van der Waals surface area contributed by atoms with E-state index in [0.717, 1.165) is 9.13 Å². The third kappa shape index (κ3) is 3.58. The van der Waals surface area contributed by atoms with Crippen molar-refractivity contribution in [1.82, 2.24) is 4.98 Å². The fourth-order valence-corrected chi connectivity index (χ4v) is 2.57. The number of pyridine rings is 1. The third-order valence-electron chi connectivity index (χ3n) is 3.11. The van der Waals surface area contributed by atoms with Gasteiger partial charge in [0.15, 0.2) is 5.79 Å². The number of nitrogens with zero attached hydrogens (tertiary/aromatic N) is 1. The summed E-state index contributed by atoms with van der Waals surface area (Å²) in [6.07, 6.45) is 1.71. The maximum atomic E-state index is 5.86. The first kappa shape index (κ1) is 15.0. The van der Waals surface area contributed by atoms with E-state index >= 15 is 0 Å². The SMILES string of the molecule is Cc1cnc(OC[C@@H]2OC(C)(C)OC2(C)C)cc1I. The summed E-state index contributed by atoms with van der Waals surface area (Å²) in [4.78, 5) is 4.26. The third-order valence-corrected chi connectivity index (χ3v) is 4.27. The van der Waals surface area contributed by atoms with Crippen molar-refractivity contribution in [2.24, 2.45) is 0 Å². The van der Waals surface area contributed by atoms with Gasteiger partial charge in [0.2, 0.25) is 5.88 Å². The maximum Gasteiger partial charge on any atom is 0.214 e. The van der Waals surface area contributed by atoms with Crippen molar-refractivity contribution in [2.75, 3.05) is 6.61 Å². The predicted molar refractivity (Wildman–Crippen MR) is 81.3 cm³/mol. The van der Waals surface area contributed by atoms with Gasteiger partial charge >= 0.3 is 0 Å². The Balaban J connectivity index is 2.01. The van der Waals surface area contributed by atoms with Crippen molar-refractivity contribution in [3.05, 3.63) is 21.4 Å². The zero-order valence-electron chi connectivity index (χ0n) is 12.0. The normalized spacial score (nSPS) is 24.4. The van der Waals surface area contributed by atoms with Gasteiger partial charge in [0, 0.05) is 15.8 Å². The van der Waals surface area contributed by atoms with Crippen LogP contribution in [0, 0.1) is 10.5 Å². The van der Waals surface area contributed by atoms with Crippen LogP contribution in [-0.2, 0) is 9.47 Å². The van der Waals surface area contributed by atoms with Crippen LogP contribution in [0.15, 0.2) is 12.3 Å². The molecule has 1 fully saturated rings. The highest BCUT2D eigenvalue weighted by molar-refractivity contribution is 14.1. The molecule has 0 unspecified atom stereocenters. The molecule has 1 saturated heterocycles. The van der Waals surface area contributed by atoms with E-state index in [1.54, 1.807) is 0 Å². The van der Waals surface area contributed by atoms with Crippen LogP contribution in [-0.4, -0.2) is 29.1 Å². The number of halogens is 1. The highest BCUT2D eigenvalue weighted by atomic mass is 127. The molecule has 1 aliphatic heterocycles. The summed E-state index contributed by atoms with van der Waals surface area (Å²) in [6.45, 7) is 10.3. The molecule has 19 heavy (non-hydrogen) atoms. The Labute approximate surface area is 128 Å². The van der Waals surface area contributed by atoms with Crippen LogP contribution in [0.5, 0.6) is 5.88 Å². The molecule has 1 atom stereocenters. The van der Waals surface area contributed by atoms with Gasteiger partial charge in [0.25, 0.3) is 0 Å². The molecule has 0 aliphatic carbocycles. The molecule has 0 saturated carbocycles. The zero-order valence-corrected chi connectivity index (χ0v) is 14.1. The van der Waals surface area contributed by atoms with Crippen LogP contribution in [0.25, 0.3) is 0 Å². The lowest BCUT2D eigenvalue weighted by Crippen LogP contribution is -2.37. The van der Waals surface area contributed by atoms with E-state index in [9.17, 15) is 0 Å². The summed E-state index contributed by atoms with van der Waals surface area (Å²) in [5, 5.41) is 0. The summed E-state index contributed by atoms with van der Waals surface area (Å²) in [7, 11) is 0. The monoisotopic (exact) mass is 377 g/mol. The van der Waals surface area contributed by atoms with E-state index in [0.29, 0.717) is 12.5 Å². The van der Waals surface area contributed by atoms with Gasteiger partial charge in [-0.15, -0.1) is 0 Å². The maximum absolute atomic E-state index is 5.86. The molecule has 1 aromatic rings. The molecule has 4 nitrogen and oxygen atoms in total. The summed E-state index contributed by atoms with van der Waals surface area (Å²) in [6, 6.07) is 1.93. The number of rotatable bonds is 3. The van der Waals surface area contributed by atoms with Gasteiger partial charge in [-0.05, 0) is 62.8 Å². The fourth-order valence-electron chi connectivity index (χ4n) is 2.16. The summed E-state index contributed by atoms with van der Waals surface area (Å²) in [5.74, 6) is 0.0613. The Morgan fingerprint density at radius 1 is 1.37 bits per heavy atom. The molecule has 0 amide bonds. The smallest absolute Gasteiger partial charge is 0.214 e. The highest BCUT2D eigenvalue weighted by Gasteiger charge is 2.47. The van der Waals surface area contributed by atoms with E-state index in [4.69, 9.17) is 14.2 Å². The van der Waals surface area contributed by atoms with Crippen LogP contribution >= 0.6 is 22.6 Å². The molecule has 1 aromatic heterocycles. The van der Waals surface area contributed by atoms with E-state index < -0.39 is 5.79 Å². The first-order valence-electron chi connectivity index (χ1n) is 6.32. The summed E-state index contributed by atoms with van der Waals surface area (Å²) in [5.41, 5.74) is 0.788. The minimum Gasteiger partial charge on any atom is -0.475 e. The zero-order chi connectivity index (χ0) is 14.3. The molecule has 1 aliphatic rings. The van der Waals surface area contributed by atoms with Gasteiger partial charge in [0.1, 0.15) is 12.7 Å². The second-order valence-corrected chi connectivity index (χ2v) is 6.96. The van der Waals surface area contributed by atoms with Gasteiger partial charge in [-0.25, -0.2) is 4.98 Å². The van der Waals surface area contributed by atoms with Gasteiger partial charge < -0.3 is 14.2 Å². The molecule has 5 heteroatoms. The van der Waals surface area contributed by atoms with Crippen LogP contribution in [0.4, 0.5) is 0 Å². The molecule has 0 aromatic carbocycles. The standard InChI is InChI=1S/C14H20INO3/c1-9-7-16-12(6-10(9)15)17-8-11-13(2,3)19-14(4,5)18-11/h6-7,11H,8H2,1-5H3/t11-/m0/s1. The molecular formula is C14H20INO3. The number of ether oxygens (including phenoxy) is 3. The van der Waals surface area contributed by atoms with E-state index in [1.807, 2.05) is 46.9 Å².